The first-order valence-corrected chi connectivity index (χ1v) is 8.57. The summed E-state index contributed by atoms with van der Waals surface area (Å²) in [6.45, 7) is 1.65. The van der Waals surface area contributed by atoms with E-state index in [0.717, 1.165) is 31.5 Å². The quantitative estimate of drug-likeness (QED) is 0.840. The number of hydrogen-bond donors (Lipinski definition) is 1. The van der Waals surface area contributed by atoms with Gasteiger partial charge in [0.05, 0.1) is 19.8 Å². The number of benzene rings is 2. The number of methoxy groups -OCH3 is 2. The van der Waals surface area contributed by atoms with Crippen LogP contribution in [0.5, 0.6) is 11.5 Å². The fourth-order valence-corrected chi connectivity index (χ4v) is 3.35. The lowest BCUT2D eigenvalue weighted by Crippen LogP contribution is -2.26. The molecule has 140 valence electrons. The third-order valence-electron chi connectivity index (χ3n) is 4.78. The zero-order chi connectivity index (χ0) is 18.7. The molecule has 6 heteroatoms. The van der Waals surface area contributed by atoms with Crippen molar-refractivity contribution in [3.63, 3.8) is 0 Å². The van der Waals surface area contributed by atoms with Gasteiger partial charge in [-0.05, 0) is 72.8 Å². The SMILES string of the molecule is COc1cc(OC)cc(-c2cc(C3CCNCC3)cc(C(F)(F)F)c2)c1. The fraction of sp³-hybridized carbons (Fsp3) is 0.400. The molecule has 0 saturated carbocycles. The Balaban J connectivity index is 2.11. The molecule has 0 radical (unpaired) electrons. The molecule has 1 aliphatic rings. The lowest BCUT2D eigenvalue weighted by Gasteiger charge is -2.24. The van der Waals surface area contributed by atoms with E-state index in [1.54, 1.807) is 18.2 Å². The van der Waals surface area contributed by atoms with Gasteiger partial charge in [-0.1, -0.05) is 6.07 Å². The van der Waals surface area contributed by atoms with Gasteiger partial charge in [0.1, 0.15) is 11.5 Å². The van der Waals surface area contributed by atoms with Crippen LogP contribution in [0.4, 0.5) is 13.2 Å². The largest absolute Gasteiger partial charge is 0.497 e. The van der Waals surface area contributed by atoms with Gasteiger partial charge in [-0.2, -0.15) is 13.2 Å². The molecule has 1 N–H and O–H groups in total. The highest BCUT2D eigenvalue weighted by Crippen LogP contribution is 2.38. The normalized spacial score (nSPS) is 15.7. The topological polar surface area (TPSA) is 30.5 Å². The van der Waals surface area contributed by atoms with Crippen molar-refractivity contribution in [2.75, 3.05) is 27.3 Å². The molecule has 3 nitrogen and oxygen atoms in total. The maximum Gasteiger partial charge on any atom is 0.416 e. The second-order valence-corrected chi connectivity index (χ2v) is 6.47. The van der Waals surface area contributed by atoms with Gasteiger partial charge in [0, 0.05) is 6.07 Å². The standard InChI is InChI=1S/C20H22F3NO2/c1-25-18-10-16(11-19(12-18)26-2)15-7-14(13-3-5-24-6-4-13)8-17(9-15)20(21,22)23/h7-13,24H,3-6H2,1-2H3. The van der Waals surface area contributed by atoms with Crippen LogP contribution in [-0.4, -0.2) is 27.3 Å². The van der Waals surface area contributed by atoms with E-state index in [9.17, 15) is 13.2 Å². The van der Waals surface area contributed by atoms with Gasteiger partial charge < -0.3 is 14.8 Å². The molecule has 1 aliphatic heterocycles. The van der Waals surface area contributed by atoms with Crippen molar-refractivity contribution in [1.82, 2.24) is 5.32 Å². The number of ether oxygens (including phenoxy) is 2. The number of rotatable bonds is 4. The van der Waals surface area contributed by atoms with Crippen molar-refractivity contribution < 1.29 is 22.6 Å². The first-order valence-electron chi connectivity index (χ1n) is 8.57. The Bertz CT molecular complexity index is 746. The average Bonchev–Trinajstić information content (AvgIpc) is 2.67. The summed E-state index contributed by atoms with van der Waals surface area (Å²) in [6, 6.07) is 9.49. The molecule has 0 bridgehead atoms. The van der Waals surface area contributed by atoms with E-state index in [4.69, 9.17) is 9.47 Å². The van der Waals surface area contributed by atoms with E-state index in [1.807, 2.05) is 6.07 Å². The van der Waals surface area contributed by atoms with Crippen molar-refractivity contribution in [3.8, 4) is 22.6 Å². The van der Waals surface area contributed by atoms with Gasteiger partial charge in [0.15, 0.2) is 0 Å². The summed E-state index contributed by atoms with van der Waals surface area (Å²) in [5, 5.41) is 3.25. The van der Waals surface area contributed by atoms with E-state index < -0.39 is 11.7 Å². The van der Waals surface area contributed by atoms with Gasteiger partial charge in [0.25, 0.3) is 0 Å². The summed E-state index contributed by atoms with van der Waals surface area (Å²) < 4.78 is 50.9. The van der Waals surface area contributed by atoms with Gasteiger partial charge in [-0.15, -0.1) is 0 Å². The Hall–Kier alpha value is -2.21. The molecular formula is C20H22F3NO2. The number of piperidine rings is 1. The van der Waals surface area contributed by atoms with E-state index in [0.29, 0.717) is 22.6 Å². The Labute approximate surface area is 151 Å². The second-order valence-electron chi connectivity index (χ2n) is 6.47. The van der Waals surface area contributed by atoms with Crippen LogP contribution in [0.15, 0.2) is 36.4 Å². The lowest BCUT2D eigenvalue weighted by molar-refractivity contribution is -0.137. The molecule has 0 unspecified atom stereocenters. The highest BCUT2D eigenvalue weighted by Gasteiger charge is 2.32. The Morgan fingerprint density at radius 1 is 0.846 bits per heavy atom. The van der Waals surface area contributed by atoms with E-state index in [-0.39, 0.29) is 5.92 Å². The summed E-state index contributed by atoms with van der Waals surface area (Å²) >= 11 is 0. The van der Waals surface area contributed by atoms with Gasteiger partial charge in [0.2, 0.25) is 0 Å². The van der Waals surface area contributed by atoms with E-state index in [1.165, 1.54) is 26.4 Å². The number of alkyl halides is 3. The molecule has 0 amide bonds. The summed E-state index contributed by atoms with van der Waals surface area (Å²) in [5.74, 6) is 1.21. The summed E-state index contributed by atoms with van der Waals surface area (Å²) in [5.41, 5.74) is 1.27. The molecule has 0 atom stereocenters. The van der Waals surface area contributed by atoms with Crippen molar-refractivity contribution in [2.45, 2.75) is 24.9 Å². The molecule has 3 rings (SSSR count). The van der Waals surface area contributed by atoms with Crippen LogP contribution < -0.4 is 14.8 Å². The van der Waals surface area contributed by atoms with Crippen LogP contribution in [0.1, 0.15) is 29.9 Å². The van der Waals surface area contributed by atoms with Gasteiger partial charge >= 0.3 is 6.18 Å². The lowest BCUT2D eigenvalue weighted by atomic mass is 9.87. The predicted octanol–water partition coefficient (Wildman–Crippen LogP) is 4.86. The van der Waals surface area contributed by atoms with Crippen molar-refractivity contribution in [3.05, 3.63) is 47.5 Å². The zero-order valence-electron chi connectivity index (χ0n) is 14.8. The molecule has 1 fully saturated rings. The number of halogens is 3. The van der Waals surface area contributed by atoms with Crippen LogP contribution in [0, 0.1) is 0 Å². The monoisotopic (exact) mass is 365 g/mol. The van der Waals surface area contributed by atoms with E-state index >= 15 is 0 Å². The third kappa shape index (κ3) is 4.12. The number of nitrogens with one attached hydrogen (secondary N) is 1. The van der Waals surface area contributed by atoms with Crippen molar-refractivity contribution >= 4 is 0 Å². The van der Waals surface area contributed by atoms with E-state index in [2.05, 4.69) is 5.32 Å². The maximum atomic E-state index is 13.5. The molecular weight excluding hydrogens is 343 g/mol. The highest BCUT2D eigenvalue weighted by molar-refractivity contribution is 5.69. The predicted molar refractivity (Wildman–Crippen MR) is 94.8 cm³/mol. The molecule has 0 aliphatic carbocycles. The van der Waals surface area contributed by atoms with Crippen LogP contribution >= 0.6 is 0 Å². The van der Waals surface area contributed by atoms with Crippen LogP contribution in [-0.2, 0) is 6.18 Å². The highest BCUT2D eigenvalue weighted by atomic mass is 19.4. The third-order valence-corrected chi connectivity index (χ3v) is 4.78. The van der Waals surface area contributed by atoms with Crippen molar-refractivity contribution in [1.29, 1.82) is 0 Å². The first kappa shape index (κ1) is 18.6. The van der Waals surface area contributed by atoms with Crippen LogP contribution in [0.25, 0.3) is 11.1 Å². The maximum absolute atomic E-state index is 13.5. The molecule has 2 aromatic rings. The summed E-state index contributed by atoms with van der Waals surface area (Å²) in [7, 11) is 3.04. The molecule has 1 saturated heterocycles. The minimum Gasteiger partial charge on any atom is -0.497 e. The Morgan fingerprint density at radius 3 is 1.96 bits per heavy atom. The number of hydrogen-bond acceptors (Lipinski definition) is 3. The average molecular weight is 365 g/mol. The smallest absolute Gasteiger partial charge is 0.416 e. The first-order chi connectivity index (χ1) is 12.4. The second kappa shape index (κ2) is 7.58. The van der Waals surface area contributed by atoms with Crippen molar-refractivity contribution in [2.24, 2.45) is 0 Å². The molecule has 0 aromatic heterocycles. The summed E-state index contributed by atoms with van der Waals surface area (Å²) in [4.78, 5) is 0. The van der Waals surface area contributed by atoms with Gasteiger partial charge in [-0.3, -0.25) is 0 Å². The van der Waals surface area contributed by atoms with Gasteiger partial charge in [-0.25, -0.2) is 0 Å². The summed E-state index contributed by atoms with van der Waals surface area (Å²) in [6.07, 6.45) is -2.72. The Kier molecular flexibility index (Phi) is 5.41. The fourth-order valence-electron chi connectivity index (χ4n) is 3.35. The minimum absolute atomic E-state index is 0.129. The van der Waals surface area contributed by atoms with Crippen LogP contribution in [0.3, 0.4) is 0 Å². The Morgan fingerprint density at radius 2 is 1.42 bits per heavy atom. The van der Waals surface area contributed by atoms with Crippen LogP contribution in [0.2, 0.25) is 0 Å². The molecule has 2 aromatic carbocycles. The zero-order valence-corrected chi connectivity index (χ0v) is 14.8. The minimum atomic E-state index is -4.39. The molecule has 26 heavy (non-hydrogen) atoms. The molecule has 1 heterocycles. The molecule has 0 spiro atoms.